The maximum atomic E-state index is 12.8. The number of alkyl halides is 3. The van der Waals surface area contributed by atoms with Gasteiger partial charge in [0, 0.05) is 11.4 Å². The minimum Gasteiger partial charge on any atom is -0.485 e. The van der Waals surface area contributed by atoms with Gasteiger partial charge in [0.2, 0.25) is 0 Å². The van der Waals surface area contributed by atoms with Crippen LogP contribution in [0.25, 0.3) is 11.1 Å². The molecule has 5 nitrogen and oxygen atoms in total. The van der Waals surface area contributed by atoms with E-state index >= 15 is 0 Å². The predicted octanol–water partition coefficient (Wildman–Crippen LogP) is 6.41. The molecule has 1 amide bonds. The lowest BCUT2D eigenvalue weighted by atomic mass is 10.0. The van der Waals surface area contributed by atoms with Crippen LogP contribution in [0.4, 0.5) is 13.2 Å². The summed E-state index contributed by atoms with van der Waals surface area (Å²) in [5, 5.41) is 11.3. The number of hydrogen-bond acceptors (Lipinski definition) is 4. The third kappa shape index (κ3) is 6.60. The van der Waals surface area contributed by atoms with Gasteiger partial charge in [0.1, 0.15) is 11.9 Å². The van der Waals surface area contributed by atoms with Crippen molar-refractivity contribution in [3.05, 3.63) is 76.0 Å². The number of carboxylic acids is 1. The van der Waals surface area contributed by atoms with Crippen LogP contribution in [-0.2, 0) is 11.0 Å². The van der Waals surface area contributed by atoms with Gasteiger partial charge in [-0.3, -0.25) is 9.59 Å². The minimum atomic E-state index is -4.37. The number of amides is 1. The van der Waals surface area contributed by atoms with Crippen LogP contribution >= 0.6 is 11.3 Å². The van der Waals surface area contributed by atoms with E-state index in [9.17, 15) is 22.8 Å². The Morgan fingerprint density at radius 1 is 0.971 bits per heavy atom. The van der Waals surface area contributed by atoms with Crippen LogP contribution in [0.15, 0.2) is 60.7 Å². The van der Waals surface area contributed by atoms with Crippen molar-refractivity contribution in [1.82, 2.24) is 5.32 Å². The van der Waals surface area contributed by atoms with Crippen molar-refractivity contribution >= 4 is 23.2 Å². The molecule has 0 spiro atoms. The highest BCUT2D eigenvalue weighted by Crippen LogP contribution is 2.35. The summed E-state index contributed by atoms with van der Waals surface area (Å²) in [6, 6.07) is 15.6. The summed E-state index contributed by atoms with van der Waals surface area (Å²) < 4.78 is 44.5. The largest absolute Gasteiger partial charge is 0.485 e. The molecule has 34 heavy (non-hydrogen) atoms. The Bertz CT molecular complexity index is 1120. The number of rotatable bonds is 9. The first-order valence-electron chi connectivity index (χ1n) is 10.6. The molecule has 0 saturated carbocycles. The van der Waals surface area contributed by atoms with Crippen molar-refractivity contribution in [1.29, 1.82) is 0 Å². The summed E-state index contributed by atoms with van der Waals surface area (Å²) in [5.74, 6) is -0.628. The average Bonchev–Trinajstić information content (AvgIpc) is 3.27. The van der Waals surface area contributed by atoms with Crippen molar-refractivity contribution < 1.29 is 32.6 Å². The number of carbonyl (C=O) groups is 2. The molecule has 1 aromatic heterocycles. The van der Waals surface area contributed by atoms with E-state index < -0.39 is 17.7 Å². The molecule has 3 rings (SSSR count). The summed E-state index contributed by atoms with van der Waals surface area (Å²) in [7, 11) is 0. The summed E-state index contributed by atoms with van der Waals surface area (Å²) in [6.45, 7) is 4.04. The molecule has 0 saturated heterocycles. The van der Waals surface area contributed by atoms with E-state index in [0.29, 0.717) is 16.2 Å². The molecule has 0 bridgehead atoms. The van der Waals surface area contributed by atoms with Crippen LogP contribution in [0, 0.1) is 5.92 Å². The fraction of sp³-hybridized carbons (Fsp3) is 0.280. The average molecular weight is 492 g/mol. The fourth-order valence-electron chi connectivity index (χ4n) is 3.24. The SMILES string of the molecule is CC(C)[C@H](Oc1ccc(-c2ccc(C(F)(F)F)cc2)cc1)c1ccc(C(=O)NCCC(=O)O)s1. The molecule has 2 N–H and O–H groups in total. The number of halogens is 3. The van der Waals surface area contributed by atoms with E-state index in [-0.39, 0.29) is 30.9 Å². The second-order valence-corrected chi connectivity index (χ2v) is 9.10. The van der Waals surface area contributed by atoms with E-state index in [1.54, 1.807) is 30.3 Å². The zero-order valence-electron chi connectivity index (χ0n) is 18.6. The first-order valence-corrected chi connectivity index (χ1v) is 11.4. The van der Waals surface area contributed by atoms with E-state index in [0.717, 1.165) is 22.6 Å². The van der Waals surface area contributed by atoms with Crippen LogP contribution < -0.4 is 10.1 Å². The summed E-state index contributed by atoms with van der Waals surface area (Å²) >= 11 is 1.28. The maximum absolute atomic E-state index is 12.8. The molecule has 0 aliphatic rings. The van der Waals surface area contributed by atoms with Gasteiger partial charge >= 0.3 is 12.1 Å². The first-order chi connectivity index (χ1) is 16.0. The van der Waals surface area contributed by atoms with Gasteiger partial charge < -0.3 is 15.2 Å². The minimum absolute atomic E-state index is 0.0524. The Morgan fingerprint density at radius 2 is 1.56 bits per heavy atom. The van der Waals surface area contributed by atoms with Gasteiger partial charge in [-0.25, -0.2) is 0 Å². The first kappa shape index (κ1) is 25.3. The van der Waals surface area contributed by atoms with Gasteiger partial charge in [-0.15, -0.1) is 11.3 Å². The van der Waals surface area contributed by atoms with Crippen molar-refractivity contribution in [3.63, 3.8) is 0 Å². The summed E-state index contributed by atoms with van der Waals surface area (Å²) in [5.41, 5.74) is 0.734. The Kier molecular flexibility index (Phi) is 7.98. The number of hydrogen-bond donors (Lipinski definition) is 2. The van der Waals surface area contributed by atoms with E-state index in [4.69, 9.17) is 9.84 Å². The molecular weight excluding hydrogens is 467 g/mol. The predicted molar refractivity (Wildman–Crippen MR) is 124 cm³/mol. The number of nitrogens with one attached hydrogen (secondary N) is 1. The third-order valence-corrected chi connectivity index (χ3v) is 6.17. The Balaban J connectivity index is 1.69. The lowest BCUT2D eigenvalue weighted by molar-refractivity contribution is -0.138. The number of aliphatic carboxylic acids is 1. The van der Waals surface area contributed by atoms with Crippen LogP contribution in [-0.4, -0.2) is 23.5 Å². The van der Waals surface area contributed by atoms with Gasteiger partial charge in [0.05, 0.1) is 16.9 Å². The lowest BCUT2D eigenvalue weighted by Gasteiger charge is -2.21. The van der Waals surface area contributed by atoms with Crippen molar-refractivity contribution in [2.45, 2.75) is 32.5 Å². The van der Waals surface area contributed by atoms with E-state index in [2.05, 4.69) is 5.32 Å². The standard InChI is InChI=1S/C25H24F3NO4S/c1-15(2)23(20-11-12-21(34-20)24(32)29-14-13-22(30)31)33-19-9-5-17(6-10-19)16-3-7-18(8-4-16)25(26,27)28/h3-12,15,23H,13-14H2,1-2H3,(H,29,32)(H,30,31)/t23-/m0/s1. The molecule has 180 valence electrons. The molecule has 1 atom stereocenters. The topological polar surface area (TPSA) is 75.6 Å². The molecule has 0 unspecified atom stereocenters. The van der Waals surface area contributed by atoms with Crippen LogP contribution in [0.1, 0.15) is 46.5 Å². The number of thiophene rings is 1. The number of carbonyl (C=O) groups excluding carboxylic acids is 1. The van der Waals surface area contributed by atoms with Crippen LogP contribution in [0.3, 0.4) is 0 Å². The smallest absolute Gasteiger partial charge is 0.416 e. The van der Waals surface area contributed by atoms with Gasteiger partial charge in [-0.05, 0) is 53.4 Å². The van der Waals surface area contributed by atoms with Gasteiger partial charge in [0.25, 0.3) is 5.91 Å². The lowest BCUT2D eigenvalue weighted by Crippen LogP contribution is -2.25. The Labute approximate surface area is 199 Å². The Morgan fingerprint density at radius 3 is 2.09 bits per heavy atom. The van der Waals surface area contributed by atoms with Crippen LogP contribution in [0.2, 0.25) is 0 Å². The highest BCUT2D eigenvalue weighted by atomic mass is 32.1. The molecule has 0 aliphatic carbocycles. The van der Waals surface area contributed by atoms with Crippen molar-refractivity contribution in [3.8, 4) is 16.9 Å². The quantitative estimate of drug-likeness (QED) is 0.362. The highest BCUT2D eigenvalue weighted by Gasteiger charge is 2.30. The van der Waals surface area contributed by atoms with Gasteiger partial charge in [-0.1, -0.05) is 38.1 Å². The molecule has 2 aromatic carbocycles. The van der Waals surface area contributed by atoms with Crippen molar-refractivity contribution in [2.75, 3.05) is 6.54 Å². The number of carboxylic acid groups (broad SMARTS) is 1. The molecular formula is C25H24F3NO4S. The monoisotopic (exact) mass is 491 g/mol. The third-order valence-electron chi connectivity index (χ3n) is 5.02. The molecule has 1 heterocycles. The summed E-state index contributed by atoms with van der Waals surface area (Å²) in [6.07, 6.45) is -4.84. The molecule has 0 aliphatic heterocycles. The molecule has 3 aromatic rings. The number of benzene rings is 2. The highest BCUT2D eigenvalue weighted by molar-refractivity contribution is 7.14. The van der Waals surface area contributed by atoms with Gasteiger partial charge in [0.15, 0.2) is 0 Å². The van der Waals surface area contributed by atoms with E-state index in [1.807, 2.05) is 19.9 Å². The summed E-state index contributed by atoms with van der Waals surface area (Å²) in [4.78, 5) is 24.2. The second kappa shape index (κ2) is 10.7. The zero-order valence-corrected chi connectivity index (χ0v) is 19.4. The normalized spacial score (nSPS) is 12.4. The van der Waals surface area contributed by atoms with E-state index in [1.165, 1.54) is 23.5 Å². The maximum Gasteiger partial charge on any atom is 0.416 e. The van der Waals surface area contributed by atoms with Crippen molar-refractivity contribution in [2.24, 2.45) is 5.92 Å². The second-order valence-electron chi connectivity index (χ2n) is 7.98. The van der Waals surface area contributed by atoms with Crippen LogP contribution in [0.5, 0.6) is 5.75 Å². The zero-order chi connectivity index (χ0) is 24.9. The number of ether oxygens (including phenoxy) is 1. The fourth-order valence-corrected chi connectivity index (χ4v) is 4.37. The van der Waals surface area contributed by atoms with Gasteiger partial charge in [-0.2, -0.15) is 13.2 Å². The Hall–Kier alpha value is -3.33. The molecule has 9 heteroatoms. The molecule has 0 fully saturated rings. The molecule has 0 radical (unpaired) electrons.